The van der Waals surface area contributed by atoms with E-state index in [0.29, 0.717) is 23.6 Å². The number of ether oxygens (including phenoxy) is 1. The fourth-order valence-electron chi connectivity index (χ4n) is 1.68. The quantitative estimate of drug-likeness (QED) is 0.856. The normalized spacial score (nSPS) is 10.2. The van der Waals surface area contributed by atoms with E-state index in [1.54, 1.807) is 31.5 Å². The number of aryl methyl sites for hydroxylation is 2. The summed E-state index contributed by atoms with van der Waals surface area (Å²) in [5, 5.41) is 3.14. The van der Waals surface area contributed by atoms with E-state index in [4.69, 9.17) is 0 Å². The summed E-state index contributed by atoms with van der Waals surface area (Å²) in [6.07, 6.45) is 3.44. The summed E-state index contributed by atoms with van der Waals surface area (Å²) in [5.74, 6) is 0.295. The first-order valence-electron chi connectivity index (χ1n) is 6.17. The standard InChI is InChI=1S/C14H16N4O2/c1-9-6-16-11(7-15-9)8-17-13-5-4-12(10(2)18-13)14(19)20-3/h4-7H,8H2,1-3H3,(H,17,18). The van der Waals surface area contributed by atoms with Crippen LogP contribution in [0.2, 0.25) is 0 Å². The van der Waals surface area contributed by atoms with E-state index < -0.39 is 0 Å². The van der Waals surface area contributed by atoms with E-state index in [-0.39, 0.29) is 5.97 Å². The van der Waals surface area contributed by atoms with Crippen LogP contribution < -0.4 is 5.32 Å². The second-order valence-corrected chi connectivity index (χ2v) is 4.32. The molecule has 0 aromatic carbocycles. The predicted octanol–water partition coefficient (Wildman–Crippen LogP) is 1.89. The van der Waals surface area contributed by atoms with Crippen LogP contribution >= 0.6 is 0 Å². The Bertz CT molecular complexity index is 611. The van der Waals surface area contributed by atoms with E-state index in [1.807, 2.05) is 6.92 Å². The summed E-state index contributed by atoms with van der Waals surface area (Å²) < 4.78 is 4.68. The zero-order valence-electron chi connectivity index (χ0n) is 11.7. The average molecular weight is 272 g/mol. The van der Waals surface area contributed by atoms with Gasteiger partial charge in [0.2, 0.25) is 0 Å². The first kappa shape index (κ1) is 13.9. The Labute approximate surface area is 117 Å². The van der Waals surface area contributed by atoms with Crippen LogP contribution in [0.1, 0.15) is 27.4 Å². The molecular formula is C14H16N4O2. The molecule has 6 heteroatoms. The number of nitrogens with zero attached hydrogens (tertiary/aromatic N) is 3. The highest BCUT2D eigenvalue weighted by molar-refractivity contribution is 5.90. The van der Waals surface area contributed by atoms with Gasteiger partial charge >= 0.3 is 5.97 Å². The first-order valence-corrected chi connectivity index (χ1v) is 6.17. The maximum atomic E-state index is 11.5. The zero-order chi connectivity index (χ0) is 14.5. The van der Waals surface area contributed by atoms with Crippen molar-refractivity contribution in [3.8, 4) is 0 Å². The molecule has 2 rings (SSSR count). The minimum absolute atomic E-state index is 0.383. The van der Waals surface area contributed by atoms with E-state index in [1.165, 1.54) is 7.11 Å². The molecule has 0 fully saturated rings. The summed E-state index contributed by atoms with van der Waals surface area (Å²) >= 11 is 0. The molecule has 0 bridgehead atoms. The molecule has 0 saturated heterocycles. The molecule has 0 aliphatic carbocycles. The van der Waals surface area contributed by atoms with Crippen LogP contribution in [0.5, 0.6) is 0 Å². The van der Waals surface area contributed by atoms with Crippen molar-refractivity contribution in [3.05, 3.63) is 47.2 Å². The van der Waals surface area contributed by atoms with Crippen LogP contribution in [0.25, 0.3) is 0 Å². The second-order valence-electron chi connectivity index (χ2n) is 4.32. The van der Waals surface area contributed by atoms with Gasteiger partial charge in [0.1, 0.15) is 5.82 Å². The van der Waals surface area contributed by atoms with Crippen molar-refractivity contribution >= 4 is 11.8 Å². The van der Waals surface area contributed by atoms with Crippen molar-refractivity contribution in [2.75, 3.05) is 12.4 Å². The van der Waals surface area contributed by atoms with Crippen LogP contribution in [-0.2, 0) is 11.3 Å². The molecule has 6 nitrogen and oxygen atoms in total. The third-order valence-corrected chi connectivity index (χ3v) is 2.78. The summed E-state index contributed by atoms with van der Waals surface area (Å²) in [4.78, 5) is 24.2. The number of anilines is 1. The third kappa shape index (κ3) is 3.28. The lowest BCUT2D eigenvalue weighted by Crippen LogP contribution is -2.08. The molecule has 104 valence electrons. The first-order chi connectivity index (χ1) is 9.60. The van der Waals surface area contributed by atoms with Gasteiger partial charge in [-0.05, 0) is 26.0 Å². The van der Waals surface area contributed by atoms with Crippen molar-refractivity contribution in [1.82, 2.24) is 15.0 Å². The molecule has 0 unspecified atom stereocenters. The topological polar surface area (TPSA) is 77.0 Å². The summed E-state index contributed by atoms with van der Waals surface area (Å²) in [7, 11) is 1.35. The maximum Gasteiger partial charge on any atom is 0.339 e. The Hall–Kier alpha value is -2.50. The number of hydrogen-bond acceptors (Lipinski definition) is 6. The number of carbonyl (C=O) groups excluding carboxylic acids is 1. The molecule has 2 heterocycles. The fourth-order valence-corrected chi connectivity index (χ4v) is 1.68. The van der Waals surface area contributed by atoms with E-state index >= 15 is 0 Å². The largest absolute Gasteiger partial charge is 0.465 e. The molecule has 2 aromatic rings. The Balaban J connectivity index is 2.05. The Morgan fingerprint density at radius 2 is 2.05 bits per heavy atom. The van der Waals surface area contributed by atoms with E-state index in [2.05, 4.69) is 25.0 Å². The summed E-state index contributed by atoms with van der Waals surface area (Å²) in [6, 6.07) is 3.43. The lowest BCUT2D eigenvalue weighted by molar-refractivity contribution is 0.0599. The van der Waals surface area contributed by atoms with Gasteiger partial charge in [0.15, 0.2) is 0 Å². The molecule has 0 saturated carbocycles. The molecule has 2 aromatic heterocycles. The van der Waals surface area contributed by atoms with Gasteiger partial charge < -0.3 is 10.1 Å². The molecular weight excluding hydrogens is 256 g/mol. The van der Waals surface area contributed by atoms with Gasteiger partial charge in [-0.2, -0.15) is 0 Å². The minimum Gasteiger partial charge on any atom is -0.465 e. The average Bonchev–Trinajstić information content (AvgIpc) is 2.46. The van der Waals surface area contributed by atoms with Gasteiger partial charge in [-0.15, -0.1) is 0 Å². The van der Waals surface area contributed by atoms with Gasteiger partial charge in [-0.25, -0.2) is 9.78 Å². The third-order valence-electron chi connectivity index (χ3n) is 2.78. The summed E-state index contributed by atoms with van der Waals surface area (Å²) in [6.45, 7) is 4.18. The van der Waals surface area contributed by atoms with Gasteiger partial charge in [0.25, 0.3) is 0 Å². The highest BCUT2D eigenvalue weighted by Gasteiger charge is 2.10. The van der Waals surface area contributed by atoms with Crippen molar-refractivity contribution in [2.45, 2.75) is 20.4 Å². The van der Waals surface area contributed by atoms with E-state index in [0.717, 1.165) is 11.4 Å². The Morgan fingerprint density at radius 3 is 2.65 bits per heavy atom. The highest BCUT2D eigenvalue weighted by atomic mass is 16.5. The maximum absolute atomic E-state index is 11.5. The smallest absolute Gasteiger partial charge is 0.339 e. The number of rotatable bonds is 4. The molecule has 0 spiro atoms. The van der Waals surface area contributed by atoms with Gasteiger partial charge in [0.05, 0.1) is 42.5 Å². The predicted molar refractivity (Wildman–Crippen MR) is 74.4 cm³/mol. The lowest BCUT2D eigenvalue weighted by Gasteiger charge is -2.08. The molecule has 1 N–H and O–H groups in total. The number of nitrogens with one attached hydrogen (secondary N) is 1. The number of esters is 1. The zero-order valence-corrected chi connectivity index (χ0v) is 11.7. The molecule has 0 aliphatic heterocycles. The Morgan fingerprint density at radius 1 is 1.25 bits per heavy atom. The van der Waals surface area contributed by atoms with Crippen LogP contribution in [0.4, 0.5) is 5.82 Å². The monoisotopic (exact) mass is 272 g/mol. The Kier molecular flexibility index (Phi) is 4.24. The number of aromatic nitrogens is 3. The molecule has 0 amide bonds. The molecule has 20 heavy (non-hydrogen) atoms. The van der Waals surface area contributed by atoms with Gasteiger partial charge in [-0.3, -0.25) is 9.97 Å². The number of pyridine rings is 1. The van der Waals surface area contributed by atoms with Crippen molar-refractivity contribution in [3.63, 3.8) is 0 Å². The number of methoxy groups -OCH3 is 1. The van der Waals surface area contributed by atoms with Crippen LogP contribution in [0.3, 0.4) is 0 Å². The van der Waals surface area contributed by atoms with Crippen LogP contribution in [-0.4, -0.2) is 28.0 Å². The van der Waals surface area contributed by atoms with Gasteiger partial charge in [0, 0.05) is 6.20 Å². The SMILES string of the molecule is COC(=O)c1ccc(NCc2cnc(C)cn2)nc1C. The minimum atomic E-state index is -0.383. The molecule has 0 aliphatic rings. The number of hydrogen-bond donors (Lipinski definition) is 1. The van der Waals surface area contributed by atoms with Crippen LogP contribution in [0.15, 0.2) is 24.5 Å². The second kappa shape index (κ2) is 6.10. The van der Waals surface area contributed by atoms with Crippen LogP contribution in [0, 0.1) is 13.8 Å². The van der Waals surface area contributed by atoms with Crippen molar-refractivity contribution in [1.29, 1.82) is 0 Å². The van der Waals surface area contributed by atoms with Crippen molar-refractivity contribution in [2.24, 2.45) is 0 Å². The number of carbonyl (C=O) groups is 1. The molecule has 0 atom stereocenters. The molecule has 0 radical (unpaired) electrons. The lowest BCUT2D eigenvalue weighted by atomic mass is 10.2. The van der Waals surface area contributed by atoms with Gasteiger partial charge in [-0.1, -0.05) is 0 Å². The summed E-state index contributed by atoms with van der Waals surface area (Å²) in [5.41, 5.74) is 2.79. The fraction of sp³-hybridized carbons (Fsp3) is 0.286. The van der Waals surface area contributed by atoms with Crippen molar-refractivity contribution < 1.29 is 9.53 Å². The van der Waals surface area contributed by atoms with E-state index in [9.17, 15) is 4.79 Å². The highest BCUT2D eigenvalue weighted by Crippen LogP contribution is 2.12.